The number of ether oxygens (including phenoxy) is 10. The smallest absolute Gasteiger partial charge is 0.355 e. The van der Waals surface area contributed by atoms with Crippen molar-refractivity contribution in [2.24, 2.45) is 0 Å². The molecular weight excluding hydrogens is 1780 g/mol. The van der Waals surface area contributed by atoms with Gasteiger partial charge >= 0.3 is 65.7 Å². The van der Waals surface area contributed by atoms with Gasteiger partial charge in [-0.3, -0.25) is 0 Å². The fourth-order valence-electron chi connectivity index (χ4n) is 11.0. The Morgan fingerprint density at radius 1 is 0.306 bits per heavy atom. The normalized spacial score (nSPS) is 16.6. The Hall–Kier alpha value is -14.2. The minimum absolute atomic E-state index is 0.0276. The Morgan fingerprint density at radius 2 is 0.573 bits per heavy atom. The zero-order valence-corrected chi connectivity index (χ0v) is 70.3. The molecule has 5 aliphatic rings. The van der Waals surface area contributed by atoms with E-state index in [-0.39, 0.29) is 65.0 Å². The van der Waals surface area contributed by atoms with E-state index in [2.05, 4.69) is 42.5 Å². The number of halogens is 6. The predicted molar refractivity (Wildman–Crippen MR) is 459 cm³/mol. The van der Waals surface area contributed by atoms with Crippen LogP contribution in [-0.2, 0) is 71.3 Å². The number of esters is 10. The first-order valence-corrected chi connectivity index (χ1v) is 39.3. The lowest BCUT2D eigenvalue weighted by molar-refractivity contribution is -0.153. The van der Waals surface area contributed by atoms with E-state index in [0.29, 0.717) is 66.3 Å². The number of carboxylic acids is 1. The molecule has 34 heteroatoms. The number of phenols is 1. The van der Waals surface area contributed by atoms with Crippen molar-refractivity contribution in [1.82, 2.24) is 0 Å². The second kappa shape index (κ2) is 42.3. The summed E-state index contributed by atoms with van der Waals surface area (Å²) in [5.74, 6) is -8.07. The van der Waals surface area contributed by atoms with Crippen molar-refractivity contribution < 1.29 is 110 Å². The number of carbonyl (C=O) groups excluding carboxylic acids is 10. The van der Waals surface area contributed by atoms with Crippen LogP contribution in [0.4, 0.5) is 28.4 Å². The fraction of sp³-hybridized carbons (Fsp3) is 0.100. The average Bonchev–Trinajstić information content (AvgIpc) is 1.69. The van der Waals surface area contributed by atoms with Gasteiger partial charge in [0.15, 0.2) is 25.2 Å². The lowest BCUT2D eigenvalue weighted by atomic mass is 10.1. The maximum Gasteiger partial charge on any atom is 0.355 e. The minimum atomic E-state index is -1.34. The average molecular weight is 1840 g/mol. The van der Waals surface area contributed by atoms with E-state index in [1.165, 1.54) is 36.4 Å². The van der Waals surface area contributed by atoms with Crippen molar-refractivity contribution in [2.75, 3.05) is 26.6 Å². The van der Waals surface area contributed by atoms with E-state index in [9.17, 15) is 57.8 Å². The molecule has 5 heterocycles. The van der Waals surface area contributed by atoms with Gasteiger partial charge in [0.25, 0.3) is 31.5 Å². The number of rotatable bonds is 21. The number of benzene rings is 10. The van der Waals surface area contributed by atoms with Gasteiger partial charge in [-0.05, 0) is 177 Å². The number of phenolic OH excluding ortho intramolecular Hbond substituents is 1. The summed E-state index contributed by atoms with van der Waals surface area (Å²) < 4.78 is 52.0. The van der Waals surface area contributed by atoms with Gasteiger partial charge in [0.2, 0.25) is 0 Å². The highest BCUT2D eigenvalue weighted by Crippen LogP contribution is 2.36. The molecule has 7 N–H and O–H groups in total. The van der Waals surface area contributed by atoms with Gasteiger partial charge in [-0.2, -0.15) is 0 Å². The van der Waals surface area contributed by atoms with Crippen LogP contribution in [0, 0.1) is 27.7 Å². The van der Waals surface area contributed by atoms with Gasteiger partial charge < -0.3 is 84.2 Å². The maximum absolute atomic E-state index is 12.4. The van der Waals surface area contributed by atoms with Crippen molar-refractivity contribution in [2.45, 2.75) is 59.1 Å². The van der Waals surface area contributed by atoms with Crippen LogP contribution in [0.25, 0.3) is 0 Å². The summed E-state index contributed by atoms with van der Waals surface area (Å²) in [5.41, 5.74) is 9.44. The molecule has 0 saturated carbocycles. The second-order valence-corrected chi connectivity index (χ2v) is 29.1. The van der Waals surface area contributed by atoms with E-state index in [4.69, 9.17) is 110 Å². The number of carbonyl (C=O) groups is 11. The third-order valence-electron chi connectivity index (χ3n) is 17.4. The van der Waals surface area contributed by atoms with Crippen molar-refractivity contribution >= 4 is 168 Å². The van der Waals surface area contributed by atoms with Crippen LogP contribution in [-0.4, -0.2) is 107 Å². The summed E-state index contributed by atoms with van der Waals surface area (Å²) in [4.78, 5) is 131. The molecule has 0 aromatic heterocycles. The molecule has 5 aliphatic heterocycles. The highest BCUT2D eigenvalue weighted by molar-refractivity contribution is 9.10. The maximum atomic E-state index is 12.4. The van der Waals surface area contributed by atoms with E-state index >= 15 is 0 Å². The van der Waals surface area contributed by atoms with Gasteiger partial charge in [0, 0.05) is 39.0 Å². The first kappa shape index (κ1) is 90.6. The molecule has 0 fully saturated rings. The molecule has 10 aromatic rings. The topological polar surface area (TPSA) is 381 Å². The third-order valence-corrected chi connectivity index (χ3v) is 19.9. The molecule has 28 nitrogen and oxygen atoms in total. The molecule has 0 radical (unpaired) electrons. The summed E-state index contributed by atoms with van der Waals surface area (Å²) in [6, 6.07) is 73.1. The SMILES string of the molecule is Cc1ccc(NC2=C(Cl)C(=O)OC2OC(=O)c2ccc(C)cc2)cc1.Cc1ccc(NC2=C(Cl)C(=O)OC2OC(=O)c2ccccc2)cc1.Cc1ccccc1C(=O)OC1OC(=O)C(Cl)=C1Nc1ccc(C(=O)O)cc1.O=C1OC(OC(=O)c2ccccc2)C(Nc2cccc(O)c2)=C1Cl.O=C1OC(OC(=O)c2ccccc2Br)C(Nc2ccccc2)=C1Cl. The zero-order valence-electron chi connectivity index (χ0n) is 64.9. The predicted octanol–water partition coefficient (Wildman–Crippen LogP) is 17.8. The van der Waals surface area contributed by atoms with Crippen LogP contribution in [0.2, 0.25) is 0 Å². The number of carboxylic acid groups (broad SMARTS) is 1. The number of anilines is 5. The van der Waals surface area contributed by atoms with Gasteiger partial charge in [-0.15, -0.1) is 0 Å². The number of aromatic carboxylic acids is 1. The van der Waals surface area contributed by atoms with Crippen LogP contribution in [0.1, 0.15) is 84.4 Å². The highest BCUT2D eigenvalue weighted by Gasteiger charge is 2.42. The Balaban J connectivity index is 0.000000151. The molecule has 0 amide bonds. The minimum Gasteiger partial charge on any atom is -0.508 e. The van der Waals surface area contributed by atoms with Crippen molar-refractivity contribution in [1.29, 1.82) is 0 Å². The third kappa shape index (κ3) is 24.1. The van der Waals surface area contributed by atoms with Crippen LogP contribution in [0.3, 0.4) is 0 Å². The highest BCUT2D eigenvalue weighted by atomic mass is 79.9. The molecule has 15 rings (SSSR count). The Morgan fingerprint density at radius 3 is 0.919 bits per heavy atom. The Kier molecular flexibility index (Phi) is 30.9. The number of nitrogens with one attached hydrogen (secondary N) is 5. The molecule has 0 saturated heterocycles. The number of aryl methyl sites for hydroxylation is 4. The lowest BCUT2D eigenvalue weighted by Gasteiger charge is -2.17. The van der Waals surface area contributed by atoms with Crippen LogP contribution in [0.5, 0.6) is 5.75 Å². The molecule has 632 valence electrons. The lowest BCUT2D eigenvalue weighted by Crippen LogP contribution is -2.24. The molecule has 5 unspecified atom stereocenters. The van der Waals surface area contributed by atoms with Crippen LogP contribution < -0.4 is 26.6 Å². The summed E-state index contributed by atoms with van der Waals surface area (Å²) in [6.07, 6.45) is -6.28. The molecule has 124 heavy (non-hydrogen) atoms. The fourth-order valence-corrected chi connectivity index (χ4v) is 12.4. The molecule has 10 aromatic carbocycles. The zero-order chi connectivity index (χ0) is 88.8. The quantitative estimate of drug-likeness (QED) is 0.0259. The van der Waals surface area contributed by atoms with E-state index in [1.54, 1.807) is 165 Å². The summed E-state index contributed by atoms with van der Waals surface area (Å²) in [7, 11) is 0. The Labute approximate surface area is 739 Å². The molecule has 5 atom stereocenters. The van der Waals surface area contributed by atoms with E-state index in [0.717, 1.165) is 16.7 Å². The van der Waals surface area contributed by atoms with Crippen molar-refractivity contribution in [3.63, 3.8) is 0 Å². The molecular formula is C90H67BrCl5N5O23. The summed E-state index contributed by atoms with van der Waals surface area (Å²) in [5, 5.41) is 32.1. The second-order valence-electron chi connectivity index (χ2n) is 26.4. The molecule has 0 bridgehead atoms. The first-order valence-electron chi connectivity index (χ1n) is 36.7. The standard InChI is InChI=1S/C19H14ClNO6.C19H16ClNO4.C18H14ClNO4.C17H11BrClNO4.C17H12ClNO5/c1-10-4-2-3-5-13(10)17(24)26-19-15(14(20)18(25)27-19)21-12-8-6-11(7-9-12)16(22)23;1-11-3-7-13(8-4-11)17(22)24-19-16(15(20)18(23)25-19)21-14-9-5-12(2)6-10-14;1-11-7-9-13(10-8-11)20-15-14(19)17(22)24-18(15)23-16(21)12-5-3-2-4-6-12;18-12-9-5-4-8-11(12)15(21)23-17-14(13(19)16(22)24-17)20-10-6-2-1-3-7-10;18-13-14(19-11-7-4-8-12(20)9-11)17(24-16(13)22)23-15(21)10-5-2-1-3-6-10/h2-9,19,21H,1H3,(H,22,23);3-10,19,21H,1-2H3;2-10,18,20H,1H3;1-9,17,20H;1-9,17,19-20H. The number of aromatic hydroxyl groups is 1. The summed E-state index contributed by atoms with van der Waals surface area (Å²) in [6.45, 7) is 7.59. The molecule has 0 spiro atoms. The van der Waals surface area contributed by atoms with Crippen LogP contribution in [0.15, 0.2) is 319 Å². The summed E-state index contributed by atoms with van der Waals surface area (Å²) >= 11 is 33.1. The van der Waals surface area contributed by atoms with Gasteiger partial charge in [-0.1, -0.05) is 202 Å². The Bertz CT molecular complexity index is 5900. The number of cyclic esters (lactones) is 5. The first-order chi connectivity index (χ1) is 59.4. The van der Waals surface area contributed by atoms with Crippen LogP contribution >= 0.6 is 73.9 Å². The number of hydrogen-bond acceptors (Lipinski definition) is 27. The van der Waals surface area contributed by atoms with E-state index < -0.39 is 97.1 Å². The number of para-hydroxylation sites is 1. The number of hydrogen-bond donors (Lipinski definition) is 7. The largest absolute Gasteiger partial charge is 0.508 e. The van der Waals surface area contributed by atoms with E-state index in [1.807, 2.05) is 87.5 Å². The van der Waals surface area contributed by atoms with Gasteiger partial charge in [-0.25, -0.2) is 52.7 Å². The van der Waals surface area contributed by atoms with Gasteiger partial charge in [0.05, 0.1) is 33.4 Å². The monoisotopic (exact) mass is 1840 g/mol. The van der Waals surface area contributed by atoms with Crippen molar-refractivity contribution in [3.8, 4) is 5.75 Å². The molecule has 0 aliphatic carbocycles. The van der Waals surface area contributed by atoms with Gasteiger partial charge in [0.1, 0.15) is 34.2 Å². The van der Waals surface area contributed by atoms with Crippen molar-refractivity contribution in [3.05, 3.63) is 375 Å².